The average Bonchev–Trinajstić information content (AvgIpc) is 2.81. The van der Waals surface area contributed by atoms with E-state index in [1.165, 1.54) is 49.8 Å². The predicted molar refractivity (Wildman–Crippen MR) is 132 cm³/mol. The highest BCUT2D eigenvalue weighted by molar-refractivity contribution is 6.30. The molecule has 0 radical (unpaired) electrons. The van der Waals surface area contributed by atoms with Crippen LogP contribution in [0.25, 0.3) is 33.0 Å². The van der Waals surface area contributed by atoms with Crippen LogP contribution in [0.15, 0.2) is 72.8 Å². The number of fused-ring (bicyclic) bond motifs is 1. The summed E-state index contributed by atoms with van der Waals surface area (Å²) >= 11 is 5.76. The molecule has 0 unspecified atom stereocenters. The molecule has 0 aliphatic carbocycles. The molecule has 0 amide bonds. The largest absolute Gasteiger partial charge is 0.206 e. The minimum Gasteiger partial charge on any atom is -0.206 e. The second-order valence-electron chi connectivity index (χ2n) is 8.35. The summed E-state index contributed by atoms with van der Waals surface area (Å²) in [5.41, 5.74) is 4.37. The van der Waals surface area contributed by atoms with Crippen LogP contribution in [-0.4, -0.2) is 0 Å². The predicted octanol–water partition coefficient (Wildman–Crippen LogP) is 9.62. The van der Waals surface area contributed by atoms with E-state index in [0.717, 1.165) is 22.9 Å². The Balaban J connectivity index is 1.54. The molecule has 0 aliphatic rings. The first-order valence-electron chi connectivity index (χ1n) is 11.3. The molecule has 0 atom stereocenters. The molecule has 0 saturated heterocycles. The third kappa shape index (κ3) is 5.02. The summed E-state index contributed by atoms with van der Waals surface area (Å²) in [5.74, 6) is -0.905. The van der Waals surface area contributed by atoms with E-state index in [1.54, 1.807) is 18.2 Å². The van der Waals surface area contributed by atoms with Crippen LogP contribution in [0.5, 0.6) is 0 Å². The maximum absolute atomic E-state index is 15.2. The van der Waals surface area contributed by atoms with Gasteiger partial charge in [-0.3, -0.25) is 0 Å². The smallest absolute Gasteiger partial charge is 0.142 e. The van der Waals surface area contributed by atoms with Crippen molar-refractivity contribution in [3.63, 3.8) is 0 Å². The summed E-state index contributed by atoms with van der Waals surface area (Å²) < 4.78 is 29.1. The normalized spacial score (nSPS) is 11.2. The molecular formula is C29H27ClF2. The van der Waals surface area contributed by atoms with Crippen LogP contribution in [-0.2, 0) is 6.42 Å². The molecule has 0 spiro atoms. The standard InChI is InChI=1S/C29H27ClF2/c1-2-3-4-5-6-7-20-8-10-21(11-9-20)22-12-15-25-23(18-22)13-16-26(29(25)32)24-14-17-27(30)28(31)19-24/h8-19H,2-7H2,1H3. The van der Waals surface area contributed by atoms with Crippen molar-refractivity contribution in [1.82, 2.24) is 0 Å². The second kappa shape index (κ2) is 10.3. The van der Waals surface area contributed by atoms with Gasteiger partial charge in [-0.1, -0.05) is 98.8 Å². The molecule has 0 fully saturated rings. The lowest BCUT2D eigenvalue weighted by Crippen LogP contribution is -1.90. The molecule has 164 valence electrons. The van der Waals surface area contributed by atoms with Gasteiger partial charge in [0.1, 0.15) is 11.6 Å². The number of rotatable bonds is 8. The fraction of sp³-hybridized carbons (Fsp3) is 0.241. The Morgan fingerprint density at radius 1 is 0.688 bits per heavy atom. The Morgan fingerprint density at radius 2 is 1.41 bits per heavy atom. The lowest BCUT2D eigenvalue weighted by atomic mass is 9.96. The van der Waals surface area contributed by atoms with Gasteiger partial charge in [-0.25, -0.2) is 8.78 Å². The Morgan fingerprint density at radius 3 is 2.16 bits per heavy atom. The van der Waals surface area contributed by atoms with E-state index >= 15 is 4.39 Å². The van der Waals surface area contributed by atoms with Crippen LogP contribution in [0.4, 0.5) is 8.78 Å². The maximum atomic E-state index is 15.2. The number of halogens is 3. The Bertz CT molecular complexity index is 1210. The van der Waals surface area contributed by atoms with E-state index in [2.05, 4.69) is 31.2 Å². The molecule has 0 N–H and O–H groups in total. The first-order chi connectivity index (χ1) is 15.6. The summed E-state index contributed by atoms with van der Waals surface area (Å²) in [6.45, 7) is 2.24. The molecule has 0 saturated carbocycles. The topological polar surface area (TPSA) is 0 Å². The van der Waals surface area contributed by atoms with E-state index in [0.29, 0.717) is 16.5 Å². The zero-order valence-corrected chi connectivity index (χ0v) is 19.1. The minimum atomic E-state index is -0.552. The van der Waals surface area contributed by atoms with Gasteiger partial charge in [0.15, 0.2) is 0 Å². The van der Waals surface area contributed by atoms with E-state index < -0.39 is 5.82 Å². The van der Waals surface area contributed by atoms with E-state index in [9.17, 15) is 4.39 Å². The molecule has 0 bridgehead atoms. The van der Waals surface area contributed by atoms with Crippen LogP contribution in [0.3, 0.4) is 0 Å². The van der Waals surface area contributed by atoms with E-state index in [1.807, 2.05) is 18.2 Å². The first kappa shape index (κ1) is 22.5. The highest BCUT2D eigenvalue weighted by Gasteiger charge is 2.12. The van der Waals surface area contributed by atoms with E-state index in [-0.39, 0.29) is 10.8 Å². The quantitative estimate of drug-likeness (QED) is 0.235. The SMILES string of the molecule is CCCCCCCc1ccc(-c2ccc3c(F)c(-c4ccc(Cl)c(F)c4)ccc3c2)cc1. The third-order valence-electron chi connectivity index (χ3n) is 6.04. The monoisotopic (exact) mass is 448 g/mol. The van der Waals surface area contributed by atoms with E-state index in [4.69, 9.17) is 11.6 Å². The van der Waals surface area contributed by atoms with Crippen LogP contribution in [0, 0.1) is 11.6 Å². The van der Waals surface area contributed by atoms with Crippen molar-refractivity contribution in [2.45, 2.75) is 45.4 Å². The number of unbranched alkanes of at least 4 members (excludes halogenated alkanes) is 4. The van der Waals surface area contributed by atoms with Crippen LogP contribution in [0.2, 0.25) is 5.02 Å². The van der Waals surface area contributed by atoms with Gasteiger partial charge in [0.05, 0.1) is 5.02 Å². The summed E-state index contributed by atoms with van der Waals surface area (Å²) in [4.78, 5) is 0. The van der Waals surface area contributed by atoms with Crippen molar-refractivity contribution >= 4 is 22.4 Å². The van der Waals surface area contributed by atoms with Crippen molar-refractivity contribution in [3.8, 4) is 22.3 Å². The molecule has 0 aromatic heterocycles. The van der Waals surface area contributed by atoms with Gasteiger partial charge in [-0.2, -0.15) is 0 Å². The lowest BCUT2D eigenvalue weighted by Gasteiger charge is -2.10. The van der Waals surface area contributed by atoms with Crippen molar-refractivity contribution in [3.05, 3.63) is 95.0 Å². The Kier molecular flexibility index (Phi) is 7.22. The van der Waals surface area contributed by atoms with Crippen LogP contribution < -0.4 is 0 Å². The molecule has 0 nitrogen and oxygen atoms in total. The molecular weight excluding hydrogens is 422 g/mol. The molecule has 32 heavy (non-hydrogen) atoms. The molecule has 3 heteroatoms. The fourth-order valence-corrected chi connectivity index (χ4v) is 4.27. The molecule has 4 aromatic carbocycles. The number of aryl methyl sites for hydroxylation is 1. The molecule has 0 heterocycles. The lowest BCUT2D eigenvalue weighted by molar-refractivity contribution is 0.627. The molecule has 4 aromatic rings. The third-order valence-corrected chi connectivity index (χ3v) is 6.35. The van der Waals surface area contributed by atoms with Crippen LogP contribution in [0.1, 0.15) is 44.6 Å². The summed E-state index contributed by atoms with van der Waals surface area (Å²) in [6.07, 6.45) is 7.54. The van der Waals surface area contributed by atoms with Gasteiger partial charge in [0, 0.05) is 10.9 Å². The highest BCUT2D eigenvalue weighted by Crippen LogP contribution is 2.33. The molecule has 0 aliphatic heterocycles. The first-order valence-corrected chi connectivity index (χ1v) is 11.7. The van der Waals surface area contributed by atoms with Gasteiger partial charge in [0.25, 0.3) is 0 Å². The Labute approximate surface area is 193 Å². The Hall–Kier alpha value is -2.71. The average molecular weight is 449 g/mol. The second-order valence-corrected chi connectivity index (χ2v) is 8.76. The van der Waals surface area contributed by atoms with Gasteiger partial charge in [-0.05, 0) is 58.7 Å². The van der Waals surface area contributed by atoms with Crippen molar-refractivity contribution in [2.24, 2.45) is 0 Å². The zero-order valence-electron chi connectivity index (χ0n) is 18.3. The minimum absolute atomic E-state index is 0.0297. The van der Waals surface area contributed by atoms with Gasteiger partial charge < -0.3 is 0 Å². The number of benzene rings is 4. The van der Waals surface area contributed by atoms with Gasteiger partial charge in [0.2, 0.25) is 0 Å². The number of hydrogen-bond donors (Lipinski definition) is 0. The molecule has 4 rings (SSSR count). The highest BCUT2D eigenvalue weighted by atomic mass is 35.5. The fourth-order valence-electron chi connectivity index (χ4n) is 4.15. The number of hydrogen-bond acceptors (Lipinski definition) is 0. The van der Waals surface area contributed by atoms with Crippen LogP contribution >= 0.6 is 11.6 Å². The van der Waals surface area contributed by atoms with Gasteiger partial charge in [-0.15, -0.1) is 0 Å². The van der Waals surface area contributed by atoms with Crippen molar-refractivity contribution in [2.75, 3.05) is 0 Å². The van der Waals surface area contributed by atoms with Crippen molar-refractivity contribution < 1.29 is 8.78 Å². The van der Waals surface area contributed by atoms with Gasteiger partial charge >= 0.3 is 0 Å². The maximum Gasteiger partial charge on any atom is 0.142 e. The zero-order chi connectivity index (χ0) is 22.5. The summed E-state index contributed by atoms with van der Waals surface area (Å²) in [5, 5.41) is 1.37. The summed E-state index contributed by atoms with van der Waals surface area (Å²) in [6, 6.07) is 22.4. The summed E-state index contributed by atoms with van der Waals surface area (Å²) in [7, 11) is 0. The van der Waals surface area contributed by atoms with Crippen molar-refractivity contribution in [1.29, 1.82) is 0 Å².